The third kappa shape index (κ3) is 3.94. The van der Waals surface area contributed by atoms with Crippen molar-refractivity contribution >= 4 is 25.1 Å². The summed E-state index contributed by atoms with van der Waals surface area (Å²) in [5.41, 5.74) is 0.682. The molecule has 7 nitrogen and oxygen atoms in total. The molecule has 0 spiro atoms. The molecule has 0 saturated carbocycles. The molecule has 1 aliphatic heterocycles. The number of benzene rings is 2. The summed E-state index contributed by atoms with van der Waals surface area (Å²) < 4.78 is 28.7. The van der Waals surface area contributed by atoms with Gasteiger partial charge in [-0.2, -0.15) is 0 Å². The van der Waals surface area contributed by atoms with Gasteiger partial charge in [0.2, 0.25) is 0 Å². The molecule has 1 aliphatic rings. The maximum absolute atomic E-state index is 12.7. The second-order valence-corrected chi connectivity index (χ2v) is 7.04. The monoisotopic (exact) mass is 369 g/mol. The molecule has 1 fully saturated rings. The van der Waals surface area contributed by atoms with Gasteiger partial charge in [-0.1, -0.05) is 23.7 Å². The first kappa shape index (κ1) is 16.9. The number of rotatable bonds is 4. The zero-order valence-electron chi connectivity index (χ0n) is 12.3. The molecule has 0 aliphatic carbocycles. The molecule has 2 atom stereocenters. The summed E-state index contributed by atoms with van der Waals surface area (Å²) in [7, 11) is -3.82. The normalized spacial score (nSPS) is 23.6. The number of phosphoric ester groups is 1. The molecule has 0 radical (unpaired) electrons. The number of nitro groups is 1. The van der Waals surface area contributed by atoms with E-state index in [0.717, 1.165) is 5.56 Å². The van der Waals surface area contributed by atoms with Crippen LogP contribution in [0.5, 0.6) is 5.75 Å². The van der Waals surface area contributed by atoms with Gasteiger partial charge in [0.15, 0.2) is 0 Å². The van der Waals surface area contributed by atoms with Crippen LogP contribution in [0.25, 0.3) is 0 Å². The van der Waals surface area contributed by atoms with Crippen molar-refractivity contribution in [2.75, 3.05) is 6.61 Å². The minimum atomic E-state index is -3.82. The Kier molecular flexibility index (Phi) is 4.87. The summed E-state index contributed by atoms with van der Waals surface area (Å²) in [6.45, 7) is 0.196. The van der Waals surface area contributed by atoms with Crippen molar-refractivity contribution in [3.05, 3.63) is 69.2 Å². The number of non-ortho nitro benzene ring substituents is 1. The fourth-order valence-corrected chi connectivity index (χ4v) is 3.85. The number of nitro benzene ring substituents is 1. The van der Waals surface area contributed by atoms with Crippen LogP contribution in [0.2, 0.25) is 5.02 Å². The average molecular weight is 370 g/mol. The standard InChI is InChI=1S/C15H13ClNO6P/c16-12-3-1-2-11(10-12)15-8-9-21-24(20,23-15)22-14-6-4-13(5-7-14)17(18)19/h1-7,10,15H,8-9H2. The van der Waals surface area contributed by atoms with Gasteiger partial charge < -0.3 is 4.52 Å². The van der Waals surface area contributed by atoms with Gasteiger partial charge in [0, 0.05) is 23.6 Å². The molecule has 0 bridgehead atoms. The minimum Gasteiger partial charge on any atom is -0.404 e. The molecule has 0 amide bonds. The van der Waals surface area contributed by atoms with Gasteiger partial charge in [0.1, 0.15) is 5.75 Å². The molecule has 2 unspecified atom stereocenters. The Bertz CT molecular complexity index is 797. The molecule has 1 heterocycles. The van der Waals surface area contributed by atoms with E-state index in [2.05, 4.69) is 0 Å². The van der Waals surface area contributed by atoms with Gasteiger partial charge in [-0.25, -0.2) is 4.57 Å². The fraction of sp³-hybridized carbons (Fsp3) is 0.200. The third-order valence-corrected chi connectivity index (χ3v) is 5.05. The number of hydrogen-bond donors (Lipinski definition) is 0. The van der Waals surface area contributed by atoms with Crippen molar-refractivity contribution in [2.24, 2.45) is 0 Å². The van der Waals surface area contributed by atoms with E-state index in [1.54, 1.807) is 18.2 Å². The molecule has 0 N–H and O–H groups in total. The molecule has 126 valence electrons. The van der Waals surface area contributed by atoms with E-state index < -0.39 is 18.8 Å². The number of nitrogens with zero attached hydrogens (tertiary/aromatic N) is 1. The maximum atomic E-state index is 12.7. The maximum Gasteiger partial charge on any atom is 0.530 e. The first-order valence-corrected chi connectivity index (χ1v) is 8.91. The third-order valence-electron chi connectivity index (χ3n) is 3.37. The lowest BCUT2D eigenvalue weighted by molar-refractivity contribution is -0.384. The Morgan fingerprint density at radius 2 is 2.00 bits per heavy atom. The summed E-state index contributed by atoms with van der Waals surface area (Å²) in [6, 6.07) is 12.2. The Labute approximate surface area is 142 Å². The van der Waals surface area contributed by atoms with Gasteiger partial charge in [-0.3, -0.25) is 19.2 Å². The van der Waals surface area contributed by atoms with Crippen molar-refractivity contribution in [2.45, 2.75) is 12.5 Å². The van der Waals surface area contributed by atoms with E-state index in [1.807, 2.05) is 6.07 Å². The van der Waals surface area contributed by atoms with Crippen molar-refractivity contribution in [1.29, 1.82) is 0 Å². The first-order valence-electron chi connectivity index (χ1n) is 7.08. The lowest BCUT2D eigenvalue weighted by Gasteiger charge is -2.29. The number of phosphoric acid groups is 1. The fourth-order valence-electron chi connectivity index (χ4n) is 2.25. The van der Waals surface area contributed by atoms with Crippen LogP contribution < -0.4 is 4.52 Å². The Morgan fingerprint density at radius 3 is 2.67 bits per heavy atom. The van der Waals surface area contributed by atoms with E-state index in [9.17, 15) is 14.7 Å². The van der Waals surface area contributed by atoms with Crippen LogP contribution in [0.4, 0.5) is 5.69 Å². The molecule has 0 aromatic heterocycles. The summed E-state index contributed by atoms with van der Waals surface area (Å²) in [5, 5.41) is 11.2. The van der Waals surface area contributed by atoms with Gasteiger partial charge in [0.25, 0.3) is 5.69 Å². The second kappa shape index (κ2) is 6.91. The number of halogens is 1. The molecular weight excluding hydrogens is 357 g/mol. The first-order chi connectivity index (χ1) is 11.5. The number of hydrogen-bond acceptors (Lipinski definition) is 6. The predicted octanol–water partition coefficient (Wildman–Crippen LogP) is 4.91. The smallest absolute Gasteiger partial charge is 0.404 e. The van der Waals surface area contributed by atoms with Gasteiger partial charge in [0.05, 0.1) is 17.6 Å². The molecular formula is C15H13ClNO6P. The Balaban J connectivity index is 1.75. The van der Waals surface area contributed by atoms with E-state index in [-0.39, 0.29) is 18.0 Å². The predicted molar refractivity (Wildman–Crippen MR) is 87.2 cm³/mol. The van der Waals surface area contributed by atoms with Gasteiger partial charge in [-0.15, -0.1) is 0 Å². The molecule has 2 aromatic carbocycles. The van der Waals surface area contributed by atoms with Crippen molar-refractivity contribution in [3.63, 3.8) is 0 Å². The van der Waals surface area contributed by atoms with Crippen LogP contribution in [-0.4, -0.2) is 11.5 Å². The van der Waals surface area contributed by atoms with Crippen LogP contribution >= 0.6 is 19.4 Å². The van der Waals surface area contributed by atoms with Crippen LogP contribution in [0.3, 0.4) is 0 Å². The highest BCUT2D eigenvalue weighted by atomic mass is 35.5. The summed E-state index contributed by atoms with van der Waals surface area (Å²) >= 11 is 5.96. The SMILES string of the molecule is O=[N+]([O-])c1ccc(OP2(=O)OCCC(c3cccc(Cl)c3)O2)cc1. The van der Waals surface area contributed by atoms with E-state index in [0.29, 0.717) is 11.4 Å². The minimum absolute atomic E-state index is 0.0945. The summed E-state index contributed by atoms with van der Waals surface area (Å²) in [4.78, 5) is 10.1. The van der Waals surface area contributed by atoms with Crippen LogP contribution in [0.1, 0.15) is 18.1 Å². The topological polar surface area (TPSA) is 87.9 Å². The van der Waals surface area contributed by atoms with Crippen LogP contribution in [0, 0.1) is 10.1 Å². The largest absolute Gasteiger partial charge is 0.530 e. The lowest BCUT2D eigenvalue weighted by atomic mass is 10.1. The average Bonchev–Trinajstić information content (AvgIpc) is 2.55. The van der Waals surface area contributed by atoms with E-state index >= 15 is 0 Å². The highest BCUT2D eigenvalue weighted by Crippen LogP contribution is 2.56. The van der Waals surface area contributed by atoms with E-state index in [4.69, 9.17) is 25.2 Å². The van der Waals surface area contributed by atoms with Crippen molar-refractivity contribution in [1.82, 2.24) is 0 Å². The van der Waals surface area contributed by atoms with Crippen molar-refractivity contribution in [3.8, 4) is 5.75 Å². The molecule has 3 rings (SSSR count). The second-order valence-electron chi connectivity index (χ2n) is 5.06. The van der Waals surface area contributed by atoms with Crippen LogP contribution in [-0.2, 0) is 13.6 Å². The lowest BCUT2D eigenvalue weighted by Crippen LogP contribution is -2.16. The highest BCUT2D eigenvalue weighted by Gasteiger charge is 2.37. The summed E-state index contributed by atoms with van der Waals surface area (Å²) in [5.74, 6) is 0.163. The summed E-state index contributed by atoms with van der Waals surface area (Å²) in [6.07, 6.45) is 0.0369. The Morgan fingerprint density at radius 1 is 1.25 bits per heavy atom. The zero-order valence-corrected chi connectivity index (χ0v) is 14.0. The van der Waals surface area contributed by atoms with Gasteiger partial charge >= 0.3 is 7.82 Å². The van der Waals surface area contributed by atoms with Crippen molar-refractivity contribution < 1.29 is 23.1 Å². The highest BCUT2D eigenvalue weighted by molar-refractivity contribution is 7.49. The molecule has 2 aromatic rings. The zero-order chi connectivity index (χ0) is 17.2. The quantitative estimate of drug-likeness (QED) is 0.432. The molecule has 9 heteroatoms. The molecule has 1 saturated heterocycles. The van der Waals surface area contributed by atoms with E-state index in [1.165, 1.54) is 24.3 Å². The molecule has 24 heavy (non-hydrogen) atoms. The van der Waals surface area contributed by atoms with Crippen LogP contribution in [0.15, 0.2) is 48.5 Å². The Hall–Kier alpha value is -1.92. The van der Waals surface area contributed by atoms with Gasteiger partial charge in [-0.05, 0) is 29.8 Å².